The summed E-state index contributed by atoms with van der Waals surface area (Å²) in [6.07, 6.45) is 0. The third-order valence-electron chi connectivity index (χ3n) is 3.78. The van der Waals surface area contributed by atoms with Gasteiger partial charge in [-0.15, -0.1) is 0 Å². The Morgan fingerprint density at radius 2 is 1.79 bits per heavy atom. The minimum Gasteiger partial charge on any atom is -0.495 e. The van der Waals surface area contributed by atoms with Crippen molar-refractivity contribution in [3.05, 3.63) is 59.1 Å². The minimum atomic E-state index is -4.05. The van der Waals surface area contributed by atoms with Crippen molar-refractivity contribution in [3.63, 3.8) is 0 Å². The maximum atomic E-state index is 13.4. The van der Waals surface area contributed by atoms with Crippen LogP contribution in [0.3, 0.4) is 0 Å². The number of ether oxygens (including phenoxy) is 1. The number of benzene rings is 2. The van der Waals surface area contributed by atoms with E-state index in [4.69, 9.17) is 16.3 Å². The van der Waals surface area contributed by atoms with Crippen LogP contribution in [0, 0.1) is 0 Å². The van der Waals surface area contributed by atoms with Crippen LogP contribution >= 0.6 is 11.6 Å². The summed E-state index contributed by atoms with van der Waals surface area (Å²) in [5, 5.41) is 3.06. The normalized spacial score (nSPS) is 12.1. The van der Waals surface area contributed by atoms with Gasteiger partial charge in [-0.2, -0.15) is 4.31 Å². The zero-order valence-corrected chi connectivity index (χ0v) is 18.0. The lowest BCUT2D eigenvalue weighted by Crippen LogP contribution is -2.47. The molecule has 0 fully saturated rings. The van der Waals surface area contributed by atoms with Gasteiger partial charge in [-0.3, -0.25) is 4.79 Å². The average Bonchev–Trinajstić information content (AvgIpc) is 2.60. The van der Waals surface area contributed by atoms with Crippen LogP contribution < -0.4 is 10.1 Å². The molecule has 0 radical (unpaired) electrons. The Hall–Kier alpha value is -2.09. The highest BCUT2D eigenvalue weighted by molar-refractivity contribution is 7.89. The molecule has 0 bridgehead atoms. The molecule has 0 aliphatic rings. The minimum absolute atomic E-state index is 0.0381. The highest BCUT2D eigenvalue weighted by atomic mass is 35.5. The van der Waals surface area contributed by atoms with Crippen molar-refractivity contribution in [2.75, 3.05) is 13.7 Å². The van der Waals surface area contributed by atoms with Gasteiger partial charge in [-0.25, -0.2) is 8.42 Å². The van der Waals surface area contributed by atoms with Crippen molar-refractivity contribution in [1.82, 2.24) is 9.62 Å². The molecule has 0 aliphatic heterocycles. The van der Waals surface area contributed by atoms with E-state index < -0.39 is 21.5 Å². The van der Waals surface area contributed by atoms with Gasteiger partial charge in [0.05, 0.1) is 13.7 Å². The van der Waals surface area contributed by atoms with Gasteiger partial charge in [0.1, 0.15) is 10.6 Å². The highest BCUT2D eigenvalue weighted by Gasteiger charge is 2.30. The maximum Gasteiger partial charge on any atom is 0.247 e. The molecule has 0 saturated heterocycles. The average molecular weight is 425 g/mol. The van der Waals surface area contributed by atoms with Crippen LogP contribution in [0.15, 0.2) is 53.4 Å². The van der Waals surface area contributed by atoms with Crippen molar-refractivity contribution in [2.45, 2.75) is 37.8 Å². The summed E-state index contributed by atoms with van der Waals surface area (Å²) in [5.74, 6) is -0.230. The molecule has 0 aliphatic carbocycles. The molecule has 0 spiro atoms. The summed E-state index contributed by atoms with van der Waals surface area (Å²) < 4.78 is 33.1. The molecular weight excluding hydrogens is 400 g/mol. The SMILES string of the molecule is COc1ccc(Cl)cc1S(=O)(=O)N(CC(=O)NC(C)(C)C)Cc1ccccc1. The number of carbonyl (C=O) groups is 1. The maximum absolute atomic E-state index is 13.4. The summed E-state index contributed by atoms with van der Waals surface area (Å²) in [5.41, 5.74) is 0.281. The van der Waals surface area contributed by atoms with Crippen LogP contribution in [0.2, 0.25) is 5.02 Å². The van der Waals surface area contributed by atoms with E-state index in [9.17, 15) is 13.2 Å². The molecule has 28 heavy (non-hydrogen) atoms. The fraction of sp³-hybridized carbons (Fsp3) is 0.350. The van der Waals surface area contributed by atoms with Crippen molar-refractivity contribution in [3.8, 4) is 5.75 Å². The number of sulfonamides is 1. The summed E-state index contributed by atoms with van der Waals surface area (Å²) in [6, 6.07) is 13.5. The zero-order chi connectivity index (χ0) is 20.9. The lowest BCUT2D eigenvalue weighted by atomic mass is 10.1. The van der Waals surface area contributed by atoms with E-state index in [2.05, 4.69) is 5.32 Å². The van der Waals surface area contributed by atoms with Crippen molar-refractivity contribution in [1.29, 1.82) is 0 Å². The number of carbonyl (C=O) groups excluding carboxylic acids is 1. The third kappa shape index (κ3) is 5.95. The van der Waals surface area contributed by atoms with Gasteiger partial charge in [-0.05, 0) is 44.5 Å². The molecule has 2 rings (SSSR count). The first-order valence-corrected chi connectivity index (χ1v) is 10.5. The van der Waals surface area contributed by atoms with E-state index in [-0.39, 0.29) is 28.8 Å². The quantitative estimate of drug-likeness (QED) is 0.738. The fourth-order valence-electron chi connectivity index (χ4n) is 2.62. The Balaban J connectivity index is 2.44. The molecule has 1 amide bonds. The van der Waals surface area contributed by atoms with Gasteiger partial charge in [0.2, 0.25) is 15.9 Å². The van der Waals surface area contributed by atoms with Crippen molar-refractivity contribution >= 4 is 27.5 Å². The molecule has 0 heterocycles. The van der Waals surface area contributed by atoms with Gasteiger partial charge < -0.3 is 10.1 Å². The summed E-state index contributed by atoms with van der Waals surface area (Å²) in [4.78, 5) is 12.4. The van der Waals surface area contributed by atoms with Gasteiger partial charge in [0.25, 0.3) is 0 Å². The monoisotopic (exact) mass is 424 g/mol. The second kappa shape index (κ2) is 8.94. The van der Waals surface area contributed by atoms with E-state index in [1.807, 2.05) is 39.0 Å². The molecule has 8 heteroatoms. The second-order valence-corrected chi connectivity index (χ2v) is 9.69. The number of methoxy groups -OCH3 is 1. The van der Waals surface area contributed by atoms with Gasteiger partial charge in [0, 0.05) is 17.1 Å². The molecule has 0 atom stereocenters. The second-order valence-electron chi connectivity index (χ2n) is 7.35. The fourth-order valence-corrected chi connectivity index (χ4v) is 4.42. The van der Waals surface area contributed by atoms with Gasteiger partial charge in [-0.1, -0.05) is 41.9 Å². The smallest absolute Gasteiger partial charge is 0.247 e. The topological polar surface area (TPSA) is 75.7 Å². The summed E-state index contributed by atoms with van der Waals surface area (Å²) >= 11 is 6.02. The molecule has 0 aromatic heterocycles. The van der Waals surface area contributed by atoms with E-state index in [0.29, 0.717) is 0 Å². The number of nitrogens with one attached hydrogen (secondary N) is 1. The Kier molecular flexibility index (Phi) is 7.09. The molecule has 0 saturated carbocycles. The number of hydrogen-bond donors (Lipinski definition) is 1. The Bertz CT molecular complexity index is 925. The van der Waals surface area contributed by atoms with E-state index in [1.54, 1.807) is 18.2 Å². The number of rotatable bonds is 7. The lowest BCUT2D eigenvalue weighted by Gasteiger charge is -2.26. The van der Waals surface area contributed by atoms with E-state index >= 15 is 0 Å². The van der Waals surface area contributed by atoms with E-state index in [1.165, 1.54) is 19.2 Å². The summed E-state index contributed by atoms with van der Waals surface area (Å²) in [7, 11) is -2.67. The lowest BCUT2D eigenvalue weighted by molar-refractivity contribution is -0.122. The Morgan fingerprint density at radius 1 is 1.14 bits per heavy atom. The summed E-state index contributed by atoms with van der Waals surface area (Å²) in [6.45, 7) is 5.21. The van der Waals surface area contributed by atoms with Crippen LogP contribution in [0.4, 0.5) is 0 Å². The van der Waals surface area contributed by atoms with E-state index in [0.717, 1.165) is 9.87 Å². The zero-order valence-electron chi connectivity index (χ0n) is 16.4. The first-order chi connectivity index (χ1) is 13.0. The van der Waals surface area contributed by atoms with Crippen LogP contribution in [-0.4, -0.2) is 37.8 Å². The molecule has 6 nitrogen and oxygen atoms in total. The molecule has 0 unspecified atom stereocenters. The number of nitrogens with zero attached hydrogens (tertiary/aromatic N) is 1. The van der Waals surface area contributed by atoms with Gasteiger partial charge >= 0.3 is 0 Å². The standard InChI is InChI=1S/C20H25ClN2O4S/c1-20(2,3)22-19(24)14-23(13-15-8-6-5-7-9-15)28(25,26)18-12-16(21)10-11-17(18)27-4/h5-12H,13-14H2,1-4H3,(H,22,24). The number of amides is 1. The largest absolute Gasteiger partial charge is 0.495 e. The Labute approximate surface area is 171 Å². The molecule has 2 aromatic carbocycles. The van der Waals surface area contributed by atoms with Crippen molar-refractivity contribution < 1.29 is 17.9 Å². The molecular formula is C20H25ClN2O4S. The number of halogens is 1. The first-order valence-electron chi connectivity index (χ1n) is 8.71. The predicted molar refractivity (Wildman–Crippen MR) is 110 cm³/mol. The Morgan fingerprint density at radius 3 is 2.36 bits per heavy atom. The van der Waals surface area contributed by atoms with Crippen LogP contribution in [0.1, 0.15) is 26.3 Å². The first kappa shape index (κ1) is 22.2. The predicted octanol–water partition coefficient (Wildman–Crippen LogP) is 3.45. The molecule has 1 N–H and O–H groups in total. The van der Waals surface area contributed by atoms with Crippen LogP contribution in [0.25, 0.3) is 0 Å². The molecule has 152 valence electrons. The number of hydrogen-bond acceptors (Lipinski definition) is 4. The van der Waals surface area contributed by atoms with Gasteiger partial charge in [0.15, 0.2) is 0 Å². The highest BCUT2D eigenvalue weighted by Crippen LogP contribution is 2.30. The van der Waals surface area contributed by atoms with Crippen molar-refractivity contribution in [2.24, 2.45) is 0 Å². The van der Waals surface area contributed by atoms with Crippen LogP contribution in [0.5, 0.6) is 5.75 Å². The third-order valence-corrected chi connectivity index (χ3v) is 5.83. The molecule has 2 aromatic rings. The van der Waals surface area contributed by atoms with Crippen LogP contribution in [-0.2, 0) is 21.4 Å².